The SMILES string of the molecule is CC(NC(=O)c1cc2cc(Cl)ccc2[nH]1)C1CN(S(C)=O)C1. The highest BCUT2D eigenvalue weighted by atomic mass is 35.5. The Hall–Kier alpha value is -1.37. The number of hydrogen-bond donors (Lipinski definition) is 2. The zero-order valence-corrected chi connectivity index (χ0v) is 14.0. The maximum Gasteiger partial charge on any atom is 0.267 e. The zero-order valence-electron chi connectivity index (χ0n) is 12.4. The van der Waals surface area contributed by atoms with Crippen LogP contribution in [-0.2, 0) is 11.0 Å². The minimum Gasteiger partial charge on any atom is -0.351 e. The van der Waals surface area contributed by atoms with E-state index in [0.29, 0.717) is 16.6 Å². The van der Waals surface area contributed by atoms with E-state index in [-0.39, 0.29) is 11.9 Å². The van der Waals surface area contributed by atoms with E-state index in [1.165, 1.54) is 0 Å². The third-order valence-corrected chi connectivity index (χ3v) is 5.39. The smallest absolute Gasteiger partial charge is 0.267 e. The normalized spacial score (nSPS) is 18.9. The Morgan fingerprint density at radius 3 is 2.86 bits per heavy atom. The van der Waals surface area contributed by atoms with Gasteiger partial charge in [-0.25, -0.2) is 8.51 Å². The summed E-state index contributed by atoms with van der Waals surface area (Å²) in [5.74, 6) is 0.211. The largest absolute Gasteiger partial charge is 0.351 e. The number of halogens is 1. The Bertz CT molecular complexity index is 739. The maximum atomic E-state index is 12.3. The van der Waals surface area contributed by atoms with Gasteiger partial charge in [-0.15, -0.1) is 0 Å². The number of hydrogen-bond acceptors (Lipinski definition) is 2. The van der Waals surface area contributed by atoms with Crippen molar-refractivity contribution >= 4 is 39.4 Å². The molecule has 2 atom stereocenters. The Kier molecular flexibility index (Phi) is 4.25. The molecule has 118 valence electrons. The van der Waals surface area contributed by atoms with Crippen molar-refractivity contribution in [3.8, 4) is 0 Å². The average molecular weight is 340 g/mol. The van der Waals surface area contributed by atoms with Crippen LogP contribution >= 0.6 is 11.6 Å². The van der Waals surface area contributed by atoms with Crippen molar-refractivity contribution in [2.24, 2.45) is 5.92 Å². The topological polar surface area (TPSA) is 65.2 Å². The molecule has 2 unspecified atom stereocenters. The molecule has 1 aliphatic rings. The van der Waals surface area contributed by atoms with Gasteiger partial charge in [-0.2, -0.15) is 0 Å². The molecule has 7 heteroatoms. The van der Waals surface area contributed by atoms with Gasteiger partial charge in [0.1, 0.15) is 5.69 Å². The molecule has 5 nitrogen and oxygen atoms in total. The Morgan fingerprint density at radius 1 is 1.45 bits per heavy atom. The van der Waals surface area contributed by atoms with Gasteiger partial charge in [0.25, 0.3) is 5.91 Å². The van der Waals surface area contributed by atoms with Gasteiger partial charge in [-0.3, -0.25) is 4.79 Å². The fraction of sp³-hybridized carbons (Fsp3) is 0.400. The number of nitrogens with zero attached hydrogens (tertiary/aromatic N) is 1. The highest BCUT2D eigenvalue weighted by Crippen LogP contribution is 2.22. The summed E-state index contributed by atoms with van der Waals surface area (Å²) in [6.07, 6.45) is 1.68. The van der Waals surface area contributed by atoms with E-state index in [1.807, 2.05) is 23.4 Å². The van der Waals surface area contributed by atoms with Gasteiger partial charge in [0.15, 0.2) is 0 Å². The first-order chi connectivity index (χ1) is 10.4. The average Bonchev–Trinajstić information content (AvgIpc) is 2.79. The lowest BCUT2D eigenvalue weighted by molar-refractivity contribution is 0.0885. The summed E-state index contributed by atoms with van der Waals surface area (Å²) in [5, 5.41) is 4.57. The maximum absolute atomic E-state index is 12.3. The number of benzene rings is 1. The fourth-order valence-corrected chi connectivity index (χ4v) is 3.61. The molecule has 0 spiro atoms. The number of amides is 1. The number of nitrogens with one attached hydrogen (secondary N) is 2. The van der Waals surface area contributed by atoms with Gasteiger partial charge < -0.3 is 10.3 Å². The Balaban J connectivity index is 1.64. The summed E-state index contributed by atoms with van der Waals surface area (Å²) in [7, 11) is -0.920. The van der Waals surface area contributed by atoms with E-state index in [0.717, 1.165) is 24.0 Å². The van der Waals surface area contributed by atoms with Gasteiger partial charge in [0, 0.05) is 47.2 Å². The standard InChI is InChI=1S/C15H18ClN3O2S/c1-9(11-7-19(8-11)22(2)21)17-15(20)14-6-10-5-12(16)3-4-13(10)18-14/h3-6,9,11,18H,7-8H2,1-2H3,(H,17,20). The molecule has 0 radical (unpaired) electrons. The number of fused-ring (bicyclic) bond motifs is 1. The van der Waals surface area contributed by atoms with Gasteiger partial charge in [0.05, 0.1) is 11.0 Å². The monoisotopic (exact) mass is 339 g/mol. The highest BCUT2D eigenvalue weighted by Gasteiger charge is 2.34. The quantitative estimate of drug-likeness (QED) is 0.896. The van der Waals surface area contributed by atoms with Crippen molar-refractivity contribution in [3.05, 3.63) is 35.0 Å². The molecule has 2 heterocycles. The summed E-state index contributed by atoms with van der Waals surface area (Å²) in [4.78, 5) is 15.4. The molecule has 2 aromatic rings. The van der Waals surface area contributed by atoms with Crippen molar-refractivity contribution < 1.29 is 9.00 Å². The van der Waals surface area contributed by atoms with Crippen LogP contribution in [0, 0.1) is 5.92 Å². The molecular formula is C15H18ClN3O2S. The Morgan fingerprint density at radius 2 is 2.18 bits per heavy atom. The van der Waals surface area contributed by atoms with Crippen molar-refractivity contribution in [1.29, 1.82) is 0 Å². The fourth-order valence-electron chi connectivity index (χ4n) is 2.62. The van der Waals surface area contributed by atoms with Crippen LogP contribution in [0.2, 0.25) is 5.02 Å². The lowest BCUT2D eigenvalue weighted by Crippen LogP contribution is -2.55. The lowest BCUT2D eigenvalue weighted by atomic mass is 9.95. The number of aromatic amines is 1. The summed E-state index contributed by atoms with van der Waals surface area (Å²) >= 11 is 5.96. The zero-order chi connectivity index (χ0) is 15.9. The van der Waals surface area contributed by atoms with E-state index in [2.05, 4.69) is 10.3 Å². The predicted octanol–water partition coefficient (Wildman–Crippen LogP) is 2.16. The van der Waals surface area contributed by atoms with Crippen molar-refractivity contribution in [1.82, 2.24) is 14.6 Å². The van der Waals surface area contributed by atoms with Crippen LogP contribution in [0.3, 0.4) is 0 Å². The van der Waals surface area contributed by atoms with Crippen molar-refractivity contribution in [2.45, 2.75) is 13.0 Å². The van der Waals surface area contributed by atoms with Crippen molar-refractivity contribution in [2.75, 3.05) is 19.3 Å². The van der Waals surface area contributed by atoms with E-state index < -0.39 is 11.0 Å². The minimum absolute atomic E-state index is 0.0438. The number of aromatic nitrogens is 1. The second-order valence-electron chi connectivity index (χ2n) is 5.71. The Labute approximate surface area is 136 Å². The van der Waals surface area contributed by atoms with Crippen LogP contribution in [-0.4, -0.2) is 44.8 Å². The number of rotatable bonds is 4. The first-order valence-corrected chi connectivity index (χ1v) is 9.01. The molecule has 0 saturated carbocycles. The molecule has 2 N–H and O–H groups in total. The van der Waals surface area contributed by atoms with E-state index in [9.17, 15) is 9.00 Å². The molecule has 1 amide bonds. The summed E-state index contributed by atoms with van der Waals surface area (Å²) < 4.78 is 13.2. The molecular weight excluding hydrogens is 322 g/mol. The van der Waals surface area contributed by atoms with Crippen LogP contribution in [0.5, 0.6) is 0 Å². The van der Waals surface area contributed by atoms with E-state index in [1.54, 1.807) is 18.4 Å². The number of carbonyl (C=O) groups is 1. The minimum atomic E-state index is -0.920. The van der Waals surface area contributed by atoms with Crippen LogP contribution in [0.1, 0.15) is 17.4 Å². The molecule has 1 aromatic heterocycles. The van der Waals surface area contributed by atoms with Gasteiger partial charge in [-0.05, 0) is 31.2 Å². The molecule has 1 aromatic carbocycles. The predicted molar refractivity (Wildman–Crippen MR) is 89.4 cm³/mol. The van der Waals surface area contributed by atoms with E-state index in [4.69, 9.17) is 11.6 Å². The van der Waals surface area contributed by atoms with Crippen molar-refractivity contribution in [3.63, 3.8) is 0 Å². The van der Waals surface area contributed by atoms with Crippen LogP contribution in [0.25, 0.3) is 10.9 Å². The number of H-pyrrole nitrogens is 1. The van der Waals surface area contributed by atoms with Crippen LogP contribution < -0.4 is 5.32 Å². The summed E-state index contributed by atoms with van der Waals surface area (Å²) in [5.41, 5.74) is 1.41. The second kappa shape index (κ2) is 6.02. The summed E-state index contributed by atoms with van der Waals surface area (Å²) in [6, 6.07) is 7.32. The lowest BCUT2D eigenvalue weighted by Gasteiger charge is -2.40. The molecule has 1 saturated heterocycles. The first-order valence-electron chi connectivity index (χ1n) is 7.11. The molecule has 3 rings (SSSR count). The van der Waals surface area contributed by atoms with E-state index >= 15 is 0 Å². The summed E-state index contributed by atoms with van der Waals surface area (Å²) in [6.45, 7) is 3.50. The van der Waals surface area contributed by atoms with Gasteiger partial charge in [-0.1, -0.05) is 11.6 Å². The van der Waals surface area contributed by atoms with Gasteiger partial charge >= 0.3 is 0 Å². The van der Waals surface area contributed by atoms with Gasteiger partial charge in [0.2, 0.25) is 0 Å². The second-order valence-corrected chi connectivity index (χ2v) is 7.51. The third-order valence-electron chi connectivity index (χ3n) is 4.13. The molecule has 22 heavy (non-hydrogen) atoms. The first kappa shape index (κ1) is 15.5. The highest BCUT2D eigenvalue weighted by molar-refractivity contribution is 7.81. The molecule has 1 fully saturated rings. The molecule has 0 aliphatic carbocycles. The molecule has 0 bridgehead atoms. The number of carbonyl (C=O) groups excluding carboxylic acids is 1. The van der Waals surface area contributed by atoms with Crippen LogP contribution in [0.4, 0.5) is 0 Å². The third kappa shape index (κ3) is 3.04. The molecule has 1 aliphatic heterocycles. The van der Waals surface area contributed by atoms with Crippen LogP contribution in [0.15, 0.2) is 24.3 Å².